The van der Waals surface area contributed by atoms with Gasteiger partial charge < -0.3 is 14.4 Å². The number of benzene rings is 3. The van der Waals surface area contributed by atoms with E-state index in [9.17, 15) is 9.50 Å². The van der Waals surface area contributed by atoms with Crippen LogP contribution >= 0.6 is 11.8 Å². The first-order valence-electron chi connectivity index (χ1n) is 12.9. The van der Waals surface area contributed by atoms with E-state index in [1.807, 2.05) is 54.4 Å². The standard InChI is InChI=1S/C32H29FN2O2S/c1-21-17-27-30(37-20-26-12-9-24(18-34-26)23-5-3-2-4-6-23)14-13-28-31(27)32(38-21)29(15-16-36)35(28)19-22-7-10-25(33)11-8-22/h2-14,18,21,36H,15-17,19-20H2,1H3. The predicted molar refractivity (Wildman–Crippen MR) is 151 cm³/mol. The van der Waals surface area contributed by atoms with Crippen molar-refractivity contribution in [3.63, 3.8) is 0 Å². The van der Waals surface area contributed by atoms with E-state index in [1.54, 1.807) is 0 Å². The lowest BCUT2D eigenvalue weighted by Gasteiger charge is -2.22. The largest absolute Gasteiger partial charge is 0.487 e. The first kappa shape index (κ1) is 24.7. The summed E-state index contributed by atoms with van der Waals surface area (Å²) in [5.74, 6) is 0.646. The summed E-state index contributed by atoms with van der Waals surface area (Å²) in [5.41, 5.74) is 7.59. The first-order chi connectivity index (χ1) is 18.6. The van der Waals surface area contributed by atoms with Crippen molar-refractivity contribution < 1.29 is 14.2 Å². The van der Waals surface area contributed by atoms with Crippen molar-refractivity contribution in [3.8, 4) is 16.9 Å². The number of hydrogen-bond acceptors (Lipinski definition) is 4. The fourth-order valence-electron chi connectivity index (χ4n) is 5.27. The molecule has 1 unspecified atom stereocenters. The first-order valence-corrected chi connectivity index (χ1v) is 13.8. The van der Waals surface area contributed by atoms with Crippen LogP contribution in [-0.2, 0) is 26.0 Å². The van der Waals surface area contributed by atoms with Gasteiger partial charge in [-0.15, -0.1) is 11.8 Å². The maximum Gasteiger partial charge on any atom is 0.130 e. The molecule has 0 spiro atoms. The quantitative estimate of drug-likeness (QED) is 0.236. The maximum absolute atomic E-state index is 13.5. The van der Waals surface area contributed by atoms with Crippen LogP contribution in [0.5, 0.6) is 5.75 Å². The average Bonchev–Trinajstić information content (AvgIpc) is 3.23. The Bertz CT molecular complexity index is 1560. The van der Waals surface area contributed by atoms with Gasteiger partial charge in [-0.2, -0.15) is 0 Å². The Morgan fingerprint density at radius 1 is 1.00 bits per heavy atom. The molecule has 0 radical (unpaired) electrons. The Balaban J connectivity index is 1.33. The normalized spacial score (nSPS) is 14.7. The minimum Gasteiger partial charge on any atom is -0.487 e. The molecular formula is C32H29FN2O2S. The summed E-state index contributed by atoms with van der Waals surface area (Å²) in [6, 6.07) is 25.2. The zero-order valence-corrected chi connectivity index (χ0v) is 22.0. The number of aliphatic hydroxyl groups is 1. The number of hydrogen-bond donors (Lipinski definition) is 1. The summed E-state index contributed by atoms with van der Waals surface area (Å²) in [6.45, 7) is 3.33. The minimum atomic E-state index is -0.238. The zero-order chi connectivity index (χ0) is 26.1. The van der Waals surface area contributed by atoms with Crippen molar-refractivity contribution in [3.05, 3.63) is 113 Å². The number of aromatic nitrogens is 2. The molecule has 192 valence electrons. The Labute approximate surface area is 226 Å². The van der Waals surface area contributed by atoms with E-state index in [0.29, 0.717) is 24.8 Å². The van der Waals surface area contributed by atoms with Gasteiger partial charge in [0.2, 0.25) is 0 Å². The molecule has 6 heteroatoms. The molecule has 0 saturated heterocycles. The molecule has 2 aromatic heterocycles. The average molecular weight is 525 g/mol. The second kappa shape index (κ2) is 10.6. The van der Waals surface area contributed by atoms with Gasteiger partial charge in [0.05, 0.1) is 11.2 Å². The smallest absolute Gasteiger partial charge is 0.130 e. The van der Waals surface area contributed by atoms with Crippen molar-refractivity contribution in [1.29, 1.82) is 0 Å². The van der Waals surface area contributed by atoms with Gasteiger partial charge in [-0.05, 0) is 47.9 Å². The second-order valence-electron chi connectivity index (χ2n) is 9.72. The Morgan fingerprint density at radius 3 is 2.55 bits per heavy atom. The zero-order valence-electron chi connectivity index (χ0n) is 21.2. The van der Waals surface area contributed by atoms with E-state index >= 15 is 0 Å². The van der Waals surface area contributed by atoms with E-state index < -0.39 is 0 Å². The van der Waals surface area contributed by atoms with Gasteiger partial charge >= 0.3 is 0 Å². The van der Waals surface area contributed by atoms with Gasteiger partial charge in [0.25, 0.3) is 0 Å². The summed E-state index contributed by atoms with van der Waals surface area (Å²) in [7, 11) is 0. The highest BCUT2D eigenvalue weighted by molar-refractivity contribution is 8.00. The van der Waals surface area contributed by atoms with Gasteiger partial charge in [0, 0.05) is 58.1 Å². The predicted octanol–water partition coefficient (Wildman–Crippen LogP) is 7.04. The topological polar surface area (TPSA) is 47.3 Å². The molecule has 1 aliphatic rings. The number of halogens is 1. The lowest BCUT2D eigenvalue weighted by atomic mass is 10.0. The number of pyridine rings is 1. The summed E-state index contributed by atoms with van der Waals surface area (Å²) in [5, 5.41) is 11.5. The summed E-state index contributed by atoms with van der Waals surface area (Å²) < 4.78 is 22.2. The second-order valence-corrected chi connectivity index (χ2v) is 11.2. The Morgan fingerprint density at radius 2 is 1.82 bits per heavy atom. The summed E-state index contributed by atoms with van der Waals surface area (Å²) in [6.07, 6.45) is 3.37. The number of rotatable bonds is 8. The Kier molecular flexibility index (Phi) is 6.92. The van der Waals surface area contributed by atoms with Crippen molar-refractivity contribution >= 4 is 22.7 Å². The molecule has 38 heavy (non-hydrogen) atoms. The SMILES string of the molecule is CC1Cc2c(OCc3ccc(-c4ccccc4)cn3)ccc3c2c(c(CCO)n3Cc2ccc(F)cc2)S1. The molecular weight excluding hydrogens is 495 g/mol. The third-order valence-corrected chi connectivity index (χ3v) is 8.32. The molecule has 1 atom stereocenters. The molecule has 4 nitrogen and oxygen atoms in total. The third kappa shape index (κ3) is 4.82. The molecule has 0 aliphatic carbocycles. The monoisotopic (exact) mass is 524 g/mol. The summed E-state index contributed by atoms with van der Waals surface area (Å²) in [4.78, 5) is 5.87. The third-order valence-electron chi connectivity index (χ3n) is 7.07. The molecule has 6 rings (SSSR count). The lowest BCUT2D eigenvalue weighted by molar-refractivity contribution is 0.296. The molecule has 0 saturated carbocycles. The van der Waals surface area contributed by atoms with Gasteiger partial charge in [0.1, 0.15) is 18.2 Å². The van der Waals surface area contributed by atoms with E-state index in [-0.39, 0.29) is 12.4 Å². The van der Waals surface area contributed by atoms with Crippen molar-refractivity contribution in [2.75, 3.05) is 6.61 Å². The number of nitrogens with zero attached hydrogens (tertiary/aromatic N) is 2. The van der Waals surface area contributed by atoms with E-state index in [2.05, 4.69) is 46.8 Å². The number of aliphatic hydroxyl groups excluding tert-OH is 1. The van der Waals surface area contributed by atoms with Crippen LogP contribution in [-0.4, -0.2) is 26.5 Å². The van der Waals surface area contributed by atoms with Crippen LogP contribution in [0.2, 0.25) is 0 Å². The lowest BCUT2D eigenvalue weighted by Crippen LogP contribution is -2.10. The molecule has 0 fully saturated rings. The van der Waals surface area contributed by atoms with Crippen molar-refractivity contribution in [1.82, 2.24) is 9.55 Å². The minimum absolute atomic E-state index is 0.0744. The van der Waals surface area contributed by atoms with Crippen molar-refractivity contribution in [2.24, 2.45) is 0 Å². The highest BCUT2D eigenvalue weighted by Crippen LogP contribution is 2.47. The van der Waals surface area contributed by atoms with Crippen LogP contribution in [0.15, 0.2) is 90.0 Å². The Hall–Kier alpha value is -3.61. The number of thioether (sulfide) groups is 1. The highest BCUT2D eigenvalue weighted by atomic mass is 32.2. The van der Waals surface area contributed by atoms with E-state index in [4.69, 9.17) is 4.74 Å². The molecule has 3 aromatic carbocycles. The van der Waals surface area contributed by atoms with Crippen LogP contribution in [0.4, 0.5) is 4.39 Å². The highest BCUT2D eigenvalue weighted by Gasteiger charge is 2.28. The molecule has 1 aliphatic heterocycles. The van der Waals surface area contributed by atoms with E-state index in [1.165, 1.54) is 28.0 Å². The van der Waals surface area contributed by atoms with Crippen molar-refractivity contribution in [2.45, 2.75) is 43.1 Å². The fourth-order valence-corrected chi connectivity index (χ4v) is 6.62. The summed E-state index contributed by atoms with van der Waals surface area (Å²) >= 11 is 1.87. The molecule has 1 N–H and O–H groups in total. The molecule has 0 bridgehead atoms. The molecule has 3 heterocycles. The maximum atomic E-state index is 13.5. The number of ether oxygens (including phenoxy) is 1. The van der Waals surface area contributed by atoms with Crippen LogP contribution < -0.4 is 4.74 Å². The molecule has 0 amide bonds. The van der Waals surface area contributed by atoms with Gasteiger partial charge in [0.15, 0.2) is 0 Å². The van der Waals surface area contributed by atoms with Gasteiger partial charge in [-0.25, -0.2) is 4.39 Å². The van der Waals surface area contributed by atoms with Crippen LogP contribution in [0.25, 0.3) is 22.0 Å². The fraction of sp³-hybridized carbons (Fsp3) is 0.219. The van der Waals surface area contributed by atoms with Crippen LogP contribution in [0.1, 0.15) is 29.4 Å². The van der Waals surface area contributed by atoms with Crippen LogP contribution in [0, 0.1) is 5.82 Å². The van der Waals surface area contributed by atoms with E-state index in [0.717, 1.165) is 45.8 Å². The van der Waals surface area contributed by atoms with Crippen LogP contribution in [0.3, 0.4) is 0 Å². The van der Waals surface area contributed by atoms with Gasteiger partial charge in [-0.1, -0.05) is 55.5 Å². The van der Waals surface area contributed by atoms with Gasteiger partial charge in [-0.3, -0.25) is 4.98 Å². The molecule has 5 aromatic rings.